The van der Waals surface area contributed by atoms with Crippen LogP contribution in [0.3, 0.4) is 0 Å². The van der Waals surface area contributed by atoms with Crippen LogP contribution in [0.15, 0.2) is 114 Å². The van der Waals surface area contributed by atoms with Crippen LogP contribution >= 0.6 is 11.6 Å². The van der Waals surface area contributed by atoms with Crippen LogP contribution in [0.4, 0.5) is 5.69 Å². The zero-order valence-electron chi connectivity index (χ0n) is 25.0. The van der Waals surface area contributed by atoms with Crippen LogP contribution in [0.25, 0.3) is 0 Å². The van der Waals surface area contributed by atoms with E-state index >= 15 is 0 Å². The number of carbonyl (C=O) groups is 2. The third-order valence-electron chi connectivity index (χ3n) is 7.24. The first-order valence-electron chi connectivity index (χ1n) is 14.7. The molecule has 1 N–H and O–H groups in total. The summed E-state index contributed by atoms with van der Waals surface area (Å²) in [5.74, 6) is -0.805. The van der Waals surface area contributed by atoms with Gasteiger partial charge in [0.25, 0.3) is 10.0 Å². The van der Waals surface area contributed by atoms with Crippen molar-refractivity contribution in [1.82, 2.24) is 10.2 Å². The molecule has 0 heterocycles. The van der Waals surface area contributed by atoms with Crippen molar-refractivity contribution in [2.45, 2.75) is 50.6 Å². The monoisotopic (exact) mass is 631 g/mol. The maximum Gasteiger partial charge on any atom is 0.264 e. The van der Waals surface area contributed by atoms with E-state index < -0.39 is 28.5 Å². The fourth-order valence-corrected chi connectivity index (χ4v) is 6.56. The summed E-state index contributed by atoms with van der Waals surface area (Å²) in [5, 5.41) is 3.33. The van der Waals surface area contributed by atoms with E-state index in [-0.39, 0.29) is 29.5 Å². The summed E-state index contributed by atoms with van der Waals surface area (Å²) in [5.41, 5.74) is 2.97. The molecule has 0 saturated heterocycles. The number of benzene rings is 4. The Morgan fingerprint density at radius 1 is 0.841 bits per heavy atom. The number of aryl methyl sites for hydroxylation is 1. The van der Waals surface area contributed by atoms with Crippen molar-refractivity contribution in [3.63, 3.8) is 0 Å². The van der Waals surface area contributed by atoms with Crippen LogP contribution in [-0.4, -0.2) is 44.3 Å². The minimum absolute atomic E-state index is 0.0381. The molecule has 4 aromatic rings. The normalized spacial score (nSPS) is 11.9. The van der Waals surface area contributed by atoms with Crippen LogP contribution in [0.5, 0.6) is 0 Å². The predicted molar refractivity (Wildman–Crippen MR) is 176 cm³/mol. The molecule has 4 rings (SSSR count). The Hall–Kier alpha value is -4.14. The van der Waals surface area contributed by atoms with Crippen LogP contribution < -0.4 is 9.62 Å². The third kappa shape index (κ3) is 8.71. The molecule has 0 spiro atoms. The summed E-state index contributed by atoms with van der Waals surface area (Å²) in [6, 6.07) is 30.7. The Balaban J connectivity index is 1.78. The predicted octanol–water partition coefficient (Wildman–Crippen LogP) is 6.40. The highest BCUT2D eigenvalue weighted by Crippen LogP contribution is 2.27. The molecule has 9 heteroatoms. The fraction of sp³-hybridized carbons (Fsp3) is 0.257. The number of nitrogens with one attached hydrogen (secondary N) is 1. The first kappa shape index (κ1) is 32.8. The standard InChI is InChI=1S/C35H38ClN3O4S/c1-3-4-21-37-35(41)33(23-28-14-7-5-8-15-28)38(25-29-16-11-13-27(2)22-29)34(40)26-39(31-18-12-17-30(36)24-31)44(42,43)32-19-9-6-10-20-32/h5-20,22,24,33H,3-4,21,23,25-26H2,1-2H3,(H,37,41). The molecule has 0 fully saturated rings. The van der Waals surface area contributed by atoms with Crippen molar-refractivity contribution in [3.05, 3.63) is 131 Å². The molecule has 0 saturated carbocycles. The number of rotatable bonds is 14. The second-order valence-corrected chi connectivity index (χ2v) is 13.0. The Morgan fingerprint density at radius 2 is 1.50 bits per heavy atom. The van der Waals surface area contributed by atoms with Crippen molar-refractivity contribution in [2.75, 3.05) is 17.4 Å². The highest BCUT2D eigenvalue weighted by Gasteiger charge is 2.34. The summed E-state index contributed by atoms with van der Waals surface area (Å²) in [6.45, 7) is 4.07. The van der Waals surface area contributed by atoms with Crippen LogP contribution in [0.2, 0.25) is 5.02 Å². The van der Waals surface area contributed by atoms with Gasteiger partial charge >= 0.3 is 0 Å². The molecule has 0 aliphatic rings. The Morgan fingerprint density at radius 3 is 2.16 bits per heavy atom. The highest BCUT2D eigenvalue weighted by molar-refractivity contribution is 7.92. The maximum atomic E-state index is 14.5. The van der Waals surface area contributed by atoms with Gasteiger partial charge in [-0.05, 0) is 54.8 Å². The second kappa shape index (κ2) is 15.5. The van der Waals surface area contributed by atoms with Crippen molar-refractivity contribution in [1.29, 1.82) is 0 Å². The molecule has 0 radical (unpaired) electrons. The molecule has 230 valence electrons. The SMILES string of the molecule is CCCCNC(=O)C(Cc1ccccc1)N(Cc1cccc(C)c1)C(=O)CN(c1cccc(Cl)c1)S(=O)(=O)c1ccccc1. The summed E-state index contributed by atoms with van der Waals surface area (Å²) >= 11 is 6.28. The largest absolute Gasteiger partial charge is 0.354 e. The summed E-state index contributed by atoms with van der Waals surface area (Å²) in [4.78, 5) is 29.8. The van der Waals surface area contributed by atoms with Crippen LogP contribution in [0, 0.1) is 6.92 Å². The topological polar surface area (TPSA) is 86.8 Å². The summed E-state index contributed by atoms with van der Waals surface area (Å²) < 4.78 is 29.1. The van der Waals surface area contributed by atoms with Crippen LogP contribution in [-0.2, 0) is 32.6 Å². The molecule has 7 nitrogen and oxygen atoms in total. The number of amides is 2. The molecule has 1 unspecified atom stereocenters. The van der Waals surface area contributed by atoms with Crippen molar-refractivity contribution in [3.8, 4) is 0 Å². The molecule has 44 heavy (non-hydrogen) atoms. The first-order chi connectivity index (χ1) is 21.2. The lowest BCUT2D eigenvalue weighted by atomic mass is 10.0. The minimum atomic E-state index is -4.17. The number of sulfonamides is 1. The quantitative estimate of drug-likeness (QED) is 0.163. The lowest BCUT2D eigenvalue weighted by Crippen LogP contribution is -2.53. The molecule has 2 amide bonds. The number of carbonyl (C=O) groups excluding carboxylic acids is 2. The number of nitrogens with zero attached hydrogens (tertiary/aromatic N) is 2. The van der Waals surface area contributed by atoms with E-state index in [4.69, 9.17) is 11.6 Å². The van der Waals surface area contributed by atoms with Gasteiger partial charge in [0.05, 0.1) is 10.6 Å². The second-order valence-electron chi connectivity index (χ2n) is 10.7. The van der Waals surface area contributed by atoms with Gasteiger partial charge in [0.15, 0.2) is 0 Å². The van der Waals surface area contributed by atoms with Gasteiger partial charge in [0.1, 0.15) is 12.6 Å². The van der Waals surface area contributed by atoms with Gasteiger partial charge in [0, 0.05) is 24.5 Å². The van der Waals surface area contributed by atoms with E-state index in [9.17, 15) is 18.0 Å². The minimum Gasteiger partial charge on any atom is -0.354 e. The molecule has 1 atom stereocenters. The average Bonchev–Trinajstić information content (AvgIpc) is 3.02. The highest BCUT2D eigenvalue weighted by atomic mass is 35.5. The zero-order valence-corrected chi connectivity index (χ0v) is 26.6. The number of unbranched alkanes of at least 4 members (excludes halogenated alkanes) is 1. The van der Waals surface area contributed by atoms with Crippen molar-refractivity contribution in [2.24, 2.45) is 0 Å². The van der Waals surface area contributed by atoms with E-state index in [1.807, 2.05) is 68.4 Å². The maximum absolute atomic E-state index is 14.5. The van der Waals surface area contributed by atoms with Gasteiger partial charge in [-0.15, -0.1) is 0 Å². The number of hydrogen-bond donors (Lipinski definition) is 1. The van der Waals surface area contributed by atoms with Gasteiger partial charge in [-0.2, -0.15) is 0 Å². The van der Waals surface area contributed by atoms with E-state index in [1.165, 1.54) is 23.1 Å². The molecular weight excluding hydrogens is 594 g/mol. The van der Waals surface area contributed by atoms with E-state index in [0.717, 1.165) is 33.8 Å². The van der Waals surface area contributed by atoms with E-state index in [2.05, 4.69) is 5.32 Å². The molecule has 0 aliphatic heterocycles. The molecular formula is C35H38ClN3O4S. The molecule has 0 aliphatic carbocycles. The van der Waals surface area contributed by atoms with Gasteiger partial charge in [-0.3, -0.25) is 13.9 Å². The number of halogens is 1. The lowest BCUT2D eigenvalue weighted by Gasteiger charge is -2.34. The number of anilines is 1. The molecule has 4 aromatic carbocycles. The zero-order chi connectivity index (χ0) is 31.5. The summed E-state index contributed by atoms with van der Waals surface area (Å²) in [6.07, 6.45) is 1.97. The third-order valence-corrected chi connectivity index (χ3v) is 9.27. The van der Waals surface area contributed by atoms with Crippen molar-refractivity contribution >= 4 is 39.1 Å². The lowest BCUT2D eigenvalue weighted by molar-refractivity contribution is -0.140. The Kier molecular flexibility index (Phi) is 11.6. The van der Waals surface area contributed by atoms with Gasteiger partial charge in [-0.25, -0.2) is 8.42 Å². The van der Waals surface area contributed by atoms with Gasteiger partial charge in [-0.1, -0.05) is 109 Å². The average molecular weight is 632 g/mol. The van der Waals surface area contributed by atoms with Gasteiger partial charge in [0.2, 0.25) is 11.8 Å². The smallest absolute Gasteiger partial charge is 0.264 e. The Bertz CT molecular complexity index is 1650. The van der Waals surface area contributed by atoms with Crippen LogP contribution in [0.1, 0.15) is 36.5 Å². The fourth-order valence-electron chi connectivity index (χ4n) is 4.95. The Labute approximate surface area is 265 Å². The molecule has 0 aromatic heterocycles. The van der Waals surface area contributed by atoms with E-state index in [0.29, 0.717) is 11.6 Å². The van der Waals surface area contributed by atoms with Crippen molar-refractivity contribution < 1.29 is 18.0 Å². The summed E-state index contributed by atoms with van der Waals surface area (Å²) in [7, 11) is -4.17. The number of hydrogen-bond acceptors (Lipinski definition) is 4. The van der Waals surface area contributed by atoms with Gasteiger partial charge < -0.3 is 10.2 Å². The van der Waals surface area contributed by atoms with E-state index in [1.54, 1.807) is 36.4 Å². The molecule has 0 bridgehead atoms. The first-order valence-corrected chi connectivity index (χ1v) is 16.5.